The van der Waals surface area contributed by atoms with Crippen LogP contribution in [0.25, 0.3) is 21.5 Å². The van der Waals surface area contributed by atoms with Crippen LogP contribution in [0.15, 0.2) is 83.9 Å². The fraction of sp³-hybridized carbons (Fsp3) is 0.160. The Morgan fingerprint density at radius 1 is 0.815 bits per heavy atom. The van der Waals surface area contributed by atoms with E-state index in [1.165, 1.54) is 21.5 Å². The molecule has 0 unspecified atom stereocenters. The molecule has 0 aromatic heterocycles. The van der Waals surface area contributed by atoms with Crippen LogP contribution < -0.4 is 4.74 Å². The van der Waals surface area contributed by atoms with Crippen LogP contribution in [0.3, 0.4) is 0 Å². The van der Waals surface area contributed by atoms with Crippen molar-refractivity contribution in [3.05, 3.63) is 84.4 Å². The van der Waals surface area contributed by atoms with Crippen molar-refractivity contribution in [1.29, 1.82) is 0 Å². The van der Waals surface area contributed by atoms with E-state index in [4.69, 9.17) is 4.74 Å². The molecule has 0 fully saturated rings. The average molecular weight is 353 g/mol. The summed E-state index contributed by atoms with van der Waals surface area (Å²) in [5.74, 6) is 0.915. The summed E-state index contributed by atoms with van der Waals surface area (Å²) in [5.41, 5.74) is 2.03. The maximum absolute atomic E-state index is 5.70. The van der Waals surface area contributed by atoms with Gasteiger partial charge in [0.25, 0.3) is 0 Å². The third-order valence-electron chi connectivity index (χ3n) is 4.74. The van der Waals surface area contributed by atoms with E-state index in [1.54, 1.807) is 0 Å². The fourth-order valence-corrected chi connectivity index (χ4v) is 3.21. The van der Waals surface area contributed by atoms with E-state index in [1.807, 2.05) is 30.5 Å². The Hall–Kier alpha value is -3.13. The number of aliphatic imine (C=N–C) groups is 1. The summed E-state index contributed by atoms with van der Waals surface area (Å²) >= 11 is 0. The van der Waals surface area contributed by atoms with E-state index in [-0.39, 0.29) is 0 Å². The number of rotatable bonds is 6. The summed E-state index contributed by atoms with van der Waals surface area (Å²) in [6, 6.07) is 27.3. The number of unbranched alkanes of at least 4 members (excludes halogenated alkanes) is 1. The minimum atomic E-state index is 0.774. The molecule has 0 spiro atoms. The molecule has 0 aliphatic heterocycles. The molecule has 4 aromatic carbocycles. The molecule has 0 aliphatic carbocycles. The van der Waals surface area contributed by atoms with Gasteiger partial charge in [0.15, 0.2) is 0 Å². The first kappa shape index (κ1) is 17.3. The summed E-state index contributed by atoms with van der Waals surface area (Å²) in [6.45, 7) is 2.94. The lowest BCUT2D eigenvalue weighted by molar-refractivity contribution is 0.309. The number of fused-ring (bicyclic) bond motifs is 3. The van der Waals surface area contributed by atoms with Crippen LogP contribution in [0.5, 0.6) is 5.75 Å². The Labute approximate surface area is 160 Å². The van der Waals surface area contributed by atoms with Crippen molar-refractivity contribution < 1.29 is 4.74 Å². The van der Waals surface area contributed by atoms with Gasteiger partial charge in [0.2, 0.25) is 0 Å². The van der Waals surface area contributed by atoms with Gasteiger partial charge in [-0.3, -0.25) is 4.99 Å². The van der Waals surface area contributed by atoms with E-state index >= 15 is 0 Å². The minimum absolute atomic E-state index is 0.774. The summed E-state index contributed by atoms with van der Waals surface area (Å²) in [7, 11) is 0. The molecule has 0 radical (unpaired) electrons. The van der Waals surface area contributed by atoms with Gasteiger partial charge in [-0.2, -0.15) is 0 Å². The SMILES string of the molecule is CCCCOc1ccc(C=Nc2ccc3c(ccc4ccccc43)c2)cc1. The first-order chi connectivity index (χ1) is 13.3. The molecule has 0 aliphatic rings. The summed E-state index contributed by atoms with van der Waals surface area (Å²) < 4.78 is 5.70. The van der Waals surface area contributed by atoms with Crippen LogP contribution in [-0.2, 0) is 0 Å². The third kappa shape index (κ3) is 4.01. The minimum Gasteiger partial charge on any atom is -0.494 e. The van der Waals surface area contributed by atoms with Crippen molar-refractivity contribution in [3.8, 4) is 5.75 Å². The standard InChI is InChI=1S/C25H23NO/c1-2-3-16-27-23-13-8-19(9-14-23)18-26-22-12-15-25-21(17-22)11-10-20-6-4-5-7-24(20)25/h4-15,17-18H,2-3,16H2,1H3. The first-order valence-corrected chi connectivity index (χ1v) is 9.52. The van der Waals surface area contributed by atoms with Crippen molar-refractivity contribution in [2.45, 2.75) is 19.8 Å². The largest absolute Gasteiger partial charge is 0.494 e. The van der Waals surface area contributed by atoms with Crippen molar-refractivity contribution in [2.75, 3.05) is 6.61 Å². The molecule has 0 bridgehead atoms. The smallest absolute Gasteiger partial charge is 0.119 e. The number of nitrogens with zero attached hydrogens (tertiary/aromatic N) is 1. The Balaban J connectivity index is 1.53. The van der Waals surface area contributed by atoms with Crippen LogP contribution in [-0.4, -0.2) is 12.8 Å². The van der Waals surface area contributed by atoms with Gasteiger partial charge in [0, 0.05) is 6.21 Å². The lowest BCUT2D eigenvalue weighted by atomic mass is 10.0. The lowest BCUT2D eigenvalue weighted by Gasteiger charge is -2.05. The van der Waals surface area contributed by atoms with E-state index in [0.717, 1.165) is 36.4 Å². The highest BCUT2D eigenvalue weighted by Gasteiger charge is 2.01. The van der Waals surface area contributed by atoms with Crippen LogP contribution >= 0.6 is 0 Å². The molecular weight excluding hydrogens is 330 g/mol. The highest BCUT2D eigenvalue weighted by Crippen LogP contribution is 2.28. The highest BCUT2D eigenvalue weighted by molar-refractivity contribution is 6.08. The second kappa shape index (κ2) is 8.05. The predicted molar refractivity (Wildman–Crippen MR) is 116 cm³/mol. The number of hydrogen-bond acceptors (Lipinski definition) is 2. The molecule has 2 nitrogen and oxygen atoms in total. The molecule has 0 saturated carbocycles. The number of benzene rings is 4. The Kier molecular flexibility index (Phi) is 5.15. The zero-order chi connectivity index (χ0) is 18.5. The molecule has 0 amide bonds. The van der Waals surface area contributed by atoms with Gasteiger partial charge in [-0.15, -0.1) is 0 Å². The Morgan fingerprint density at radius 3 is 2.44 bits per heavy atom. The topological polar surface area (TPSA) is 21.6 Å². The van der Waals surface area contributed by atoms with Crippen molar-refractivity contribution in [2.24, 2.45) is 4.99 Å². The van der Waals surface area contributed by atoms with E-state index in [2.05, 4.69) is 66.5 Å². The Bertz CT molecular complexity index is 1080. The number of ether oxygens (including phenoxy) is 1. The Morgan fingerprint density at radius 2 is 1.59 bits per heavy atom. The molecule has 0 N–H and O–H groups in total. The van der Waals surface area contributed by atoms with Crippen molar-refractivity contribution >= 4 is 33.4 Å². The fourth-order valence-electron chi connectivity index (χ4n) is 3.21. The van der Waals surface area contributed by atoms with Crippen LogP contribution in [0.1, 0.15) is 25.3 Å². The molecule has 0 saturated heterocycles. The van der Waals surface area contributed by atoms with Gasteiger partial charge >= 0.3 is 0 Å². The van der Waals surface area contributed by atoms with Crippen molar-refractivity contribution in [3.63, 3.8) is 0 Å². The van der Waals surface area contributed by atoms with E-state index in [0.29, 0.717) is 0 Å². The lowest BCUT2D eigenvalue weighted by Crippen LogP contribution is -1.96. The molecule has 0 atom stereocenters. The van der Waals surface area contributed by atoms with Gasteiger partial charge in [0.05, 0.1) is 12.3 Å². The van der Waals surface area contributed by atoms with E-state index < -0.39 is 0 Å². The van der Waals surface area contributed by atoms with Gasteiger partial charge in [0.1, 0.15) is 5.75 Å². The molecular formula is C25H23NO. The summed E-state index contributed by atoms with van der Waals surface area (Å²) in [4.78, 5) is 4.65. The predicted octanol–water partition coefficient (Wildman–Crippen LogP) is 6.92. The molecule has 27 heavy (non-hydrogen) atoms. The molecule has 0 heterocycles. The quantitative estimate of drug-likeness (QED) is 0.209. The first-order valence-electron chi connectivity index (χ1n) is 9.52. The second-order valence-corrected chi connectivity index (χ2v) is 6.72. The molecule has 2 heteroatoms. The highest BCUT2D eigenvalue weighted by atomic mass is 16.5. The molecule has 4 rings (SSSR count). The van der Waals surface area contributed by atoms with Gasteiger partial charge < -0.3 is 4.74 Å². The average Bonchev–Trinajstić information content (AvgIpc) is 2.73. The second-order valence-electron chi connectivity index (χ2n) is 6.72. The van der Waals surface area contributed by atoms with E-state index in [9.17, 15) is 0 Å². The normalized spacial score (nSPS) is 11.4. The number of hydrogen-bond donors (Lipinski definition) is 0. The maximum atomic E-state index is 5.70. The maximum Gasteiger partial charge on any atom is 0.119 e. The third-order valence-corrected chi connectivity index (χ3v) is 4.74. The molecule has 4 aromatic rings. The van der Waals surface area contributed by atoms with Crippen LogP contribution in [0, 0.1) is 0 Å². The van der Waals surface area contributed by atoms with Gasteiger partial charge in [-0.05, 0) is 69.9 Å². The molecule has 134 valence electrons. The van der Waals surface area contributed by atoms with Crippen LogP contribution in [0.4, 0.5) is 5.69 Å². The summed E-state index contributed by atoms with van der Waals surface area (Å²) in [6.07, 6.45) is 4.13. The van der Waals surface area contributed by atoms with Crippen molar-refractivity contribution in [1.82, 2.24) is 0 Å². The zero-order valence-electron chi connectivity index (χ0n) is 15.6. The van der Waals surface area contributed by atoms with Crippen LogP contribution in [0.2, 0.25) is 0 Å². The summed E-state index contributed by atoms with van der Waals surface area (Å²) in [5, 5.41) is 5.02. The zero-order valence-corrected chi connectivity index (χ0v) is 15.6. The monoisotopic (exact) mass is 353 g/mol. The van der Waals surface area contributed by atoms with Gasteiger partial charge in [-0.25, -0.2) is 0 Å². The van der Waals surface area contributed by atoms with Gasteiger partial charge in [-0.1, -0.05) is 55.8 Å².